The fourth-order valence-corrected chi connectivity index (χ4v) is 2.37. The molecule has 3 rings (SSSR count). The maximum Gasteiger partial charge on any atom is 0.257 e. The molecule has 1 saturated heterocycles. The molecule has 22 heavy (non-hydrogen) atoms. The predicted octanol–water partition coefficient (Wildman–Crippen LogP) is 1.54. The van der Waals surface area contributed by atoms with Gasteiger partial charge in [-0.15, -0.1) is 24.8 Å². The van der Waals surface area contributed by atoms with Gasteiger partial charge in [0, 0.05) is 38.1 Å². The Kier molecular flexibility index (Phi) is 6.80. The van der Waals surface area contributed by atoms with E-state index in [4.69, 9.17) is 0 Å². The number of hydrogen-bond donors (Lipinski definition) is 1. The molecule has 120 valence electrons. The smallest absolute Gasteiger partial charge is 0.257 e. The molecule has 6 nitrogen and oxygen atoms in total. The number of aromatic nitrogens is 3. The molecule has 0 bridgehead atoms. The van der Waals surface area contributed by atoms with Gasteiger partial charge in [-0.2, -0.15) is 5.10 Å². The highest BCUT2D eigenvalue weighted by Gasteiger charge is 2.24. The normalized spacial score (nSPS) is 17.3. The lowest BCUT2D eigenvalue weighted by Gasteiger charge is -2.33. The van der Waals surface area contributed by atoms with Crippen molar-refractivity contribution in [2.24, 2.45) is 0 Å². The van der Waals surface area contributed by atoms with Gasteiger partial charge < -0.3 is 10.2 Å². The summed E-state index contributed by atoms with van der Waals surface area (Å²) in [5.74, 6) is 0.0362. The molecule has 1 N–H and O–H groups in total. The molecule has 3 heterocycles. The first kappa shape index (κ1) is 18.4. The van der Waals surface area contributed by atoms with Crippen LogP contribution in [0, 0.1) is 0 Å². The van der Waals surface area contributed by atoms with E-state index in [9.17, 15) is 4.79 Å². The number of rotatable bonds is 2. The van der Waals surface area contributed by atoms with Crippen molar-refractivity contribution in [3.8, 4) is 5.69 Å². The topological polar surface area (TPSA) is 63.1 Å². The molecule has 1 amide bonds. The first-order valence-corrected chi connectivity index (χ1v) is 6.72. The quantitative estimate of drug-likeness (QED) is 0.898. The predicted molar refractivity (Wildman–Crippen MR) is 89.2 cm³/mol. The van der Waals surface area contributed by atoms with Crippen LogP contribution in [0.5, 0.6) is 0 Å². The fraction of sp³-hybridized carbons (Fsp3) is 0.357. The van der Waals surface area contributed by atoms with E-state index in [-0.39, 0.29) is 36.8 Å². The van der Waals surface area contributed by atoms with Crippen LogP contribution in [0.4, 0.5) is 0 Å². The summed E-state index contributed by atoms with van der Waals surface area (Å²) in [7, 11) is 0. The van der Waals surface area contributed by atoms with Crippen molar-refractivity contribution in [3.05, 3.63) is 42.5 Å². The van der Waals surface area contributed by atoms with Crippen LogP contribution in [0.25, 0.3) is 5.69 Å². The number of amides is 1. The Morgan fingerprint density at radius 1 is 1.36 bits per heavy atom. The number of nitrogens with one attached hydrogen (secondary N) is 1. The molecule has 8 heteroatoms. The van der Waals surface area contributed by atoms with Crippen LogP contribution in [0.15, 0.2) is 36.9 Å². The third-order valence-corrected chi connectivity index (χ3v) is 3.50. The number of piperazine rings is 1. The van der Waals surface area contributed by atoms with Crippen molar-refractivity contribution in [2.75, 3.05) is 19.6 Å². The lowest BCUT2D eigenvalue weighted by molar-refractivity contribution is 0.0656. The molecule has 1 fully saturated rings. The summed E-state index contributed by atoms with van der Waals surface area (Å²) in [6.07, 6.45) is 6.80. The number of pyridine rings is 1. The van der Waals surface area contributed by atoms with E-state index in [1.165, 1.54) is 0 Å². The van der Waals surface area contributed by atoms with Crippen LogP contribution >= 0.6 is 24.8 Å². The molecule has 0 saturated carbocycles. The summed E-state index contributed by atoms with van der Waals surface area (Å²) in [6.45, 7) is 4.46. The van der Waals surface area contributed by atoms with Gasteiger partial charge in [0.25, 0.3) is 5.91 Å². The molecule has 1 aliphatic heterocycles. The average molecular weight is 344 g/mol. The molecule has 0 spiro atoms. The number of hydrogen-bond acceptors (Lipinski definition) is 4. The monoisotopic (exact) mass is 343 g/mol. The number of halogens is 2. The minimum absolute atomic E-state index is 0. The van der Waals surface area contributed by atoms with Crippen molar-refractivity contribution in [3.63, 3.8) is 0 Å². The van der Waals surface area contributed by atoms with Gasteiger partial charge in [0.2, 0.25) is 0 Å². The molecule has 1 atom stereocenters. The summed E-state index contributed by atoms with van der Waals surface area (Å²) >= 11 is 0. The van der Waals surface area contributed by atoms with Gasteiger partial charge in [0.05, 0.1) is 23.6 Å². The maximum absolute atomic E-state index is 12.5. The summed E-state index contributed by atoms with van der Waals surface area (Å²) in [4.78, 5) is 18.4. The van der Waals surface area contributed by atoms with Gasteiger partial charge in [0.15, 0.2) is 0 Å². The largest absolute Gasteiger partial charge is 0.333 e. The van der Waals surface area contributed by atoms with Crippen LogP contribution in [0.3, 0.4) is 0 Å². The number of nitrogens with zero attached hydrogens (tertiary/aromatic N) is 4. The summed E-state index contributed by atoms with van der Waals surface area (Å²) in [5, 5.41) is 7.52. The maximum atomic E-state index is 12.5. The van der Waals surface area contributed by atoms with Crippen molar-refractivity contribution < 1.29 is 4.79 Å². The average Bonchev–Trinajstić information content (AvgIpc) is 2.98. The van der Waals surface area contributed by atoms with Gasteiger partial charge in [-0.3, -0.25) is 9.78 Å². The first-order valence-electron chi connectivity index (χ1n) is 6.72. The highest BCUT2D eigenvalue weighted by molar-refractivity contribution is 5.94. The summed E-state index contributed by atoms with van der Waals surface area (Å²) < 4.78 is 1.67. The first-order chi connectivity index (χ1) is 9.75. The van der Waals surface area contributed by atoms with Crippen LogP contribution in [-0.2, 0) is 0 Å². The summed E-state index contributed by atoms with van der Waals surface area (Å²) in [5.41, 5.74) is 1.46. The lowest BCUT2D eigenvalue weighted by Crippen LogP contribution is -2.52. The van der Waals surface area contributed by atoms with E-state index in [0.717, 1.165) is 25.3 Å². The van der Waals surface area contributed by atoms with E-state index >= 15 is 0 Å². The second kappa shape index (κ2) is 8.12. The van der Waals surface area contributed by atoms with Gasteiger partial charge in [-0.25, -0.2) is 4.68 Å². The minimum Gasteiger partial charge on any atom is -0.333 e. The standard InChI is InChI=1S/C14H17N5O.2ClH/c1-11-7-16-5-6-18(11)14(20)12-8-17-19(10-12)13-3-2-4-15-9-13;;/h2-4,8-11,16H,5-7H2,1H3;2*1H/t11-;;/m1../s1. The van der Waals surface area contributed by atoms with E-state index < -0.39 is 0 Å². The molecule has 0 unspecified atom stereocenters. The Morgan fingerprint density at radius 3 is 2.86 bits per heavy atom. The minimum atomic E-state index is 0. The van der Waals surface area contributed by atoms with Crippen molar-refractivity contribution in [2.45, 2.75) is 13.0 Å². The Labute approximate surface area is 141 Å². The zero-order valence-electron chi connectivity index (χ0n) is 12.2. The van der Waals surface area contributed by atoms with Gasteiger partial charge >= 0.3 is 0 Å². The van der Waals surface area contributed by atoms with Crippen molar-refractivity contribution >= 4 is 30.7 Å². The van der Waals surface area contributed by atoms with Gasteiger partial charge in [-0.1, -0.05) is 0 Å². The highest BCUT2D eigenvalue weighted by atomic mass is 35.5. The van der Waals surface area contributed by atoms with Crippen LogP contribution in [0.2, 0.25) is 0 Å². The second-order valence-electron chi connectivity index (χ2n) is 4.94. The molecule has 0 aliphatic carbocycles. The van der Waals surface area contributed by atoms with E-state index in [2.05, 4.69) is 22.3 Å². The molecule has 2 aromatic heterocycles. The molecule has 1 aliphatic rings. The van der Waals surface area contributed by atoms with Gasteiger partial charge in [0.1, 0.15) is 0 Å². The number of carbonyl (C=O) groups is 1. The molecule has 0 radical (unpaired) electrons. The van der Waals surface area contributed by atoms with Crippen LogP contribution < -0.4 is 5.32 Å². The van der Waals surface area contributed by atoms with Crippen molar-refractivity contribution in [1.29, 1.82) is 0 Å². The lowest BCUT2D eigenvalue weighted by atomic mass is 10.2. The zero-order valence-corrected chi connectivity index (χ0v) is 13.8. The highest BCUT2D eigenvalue weighted by Crippen LogP contribution is 2.12. The number of carbonyl (C=O) groups excluding carboxylic acids is 1. The molecule has 0 aromatic carbocycles. The third-order valence-electron chi connectivity index (χ3n) is 3.50. The molecule has 2 aromatic rings. The Hall–Kier alpha value is -1.63. The Morgan fingerprint density at radius 2 is 2.18 bits per heavy atom. The SMILES string of the molecule is C[C@@H]1CNCCN1C(=O)c1cnn(-c2cccnc2)c1.Cl.Cl. The Bertz CT molecular complexity index is 604. The molecular weight excluding hydrogens is 325 g/mol. The third kappa shape index (κ3) is 3.76. The van der Waals surface area contributed by atoms with Crippen LogP contribution in [-0.4, -0.2) is 51.2 Å². The van der Waals surface area contributed by atoms with Gasteiger partial charge in [-0.05, 0) is 19.1 Å². The van der Waals surface area contributed by atoms with E-state index in [1.807, 2.05) is 17.0 Å². The van der Waals surface area contributed by atoms with E-state index in [1.54, 1.807) is 29.5 Å². The van der Waals surface area contributed by atoms with Crippen LogP contribution in [0.1, 0.15) is 17.3 Å². The molecular formula is C14H19Cl2N5O. The zero-order chi connectivity index (χ0) is 13.9. The fourth-order valence-electron chi connectivity index (χ4n) is 2.37. The Balaban J connectivity index is 0.00000121. The summed E-state index contributed by atoms with van der Waals surface area (Å²) in [6, 6.07) is 3.96. The van der Waals surface area contributed by atoms with Crippen molar-refractivity contribution in [1.82, 2.24) is 25.0 Å². The second-order valence-corrected chi connectivity index (χ2v) is 4.94. The van der Waals surface area contributed by atoms with E-state index in [0.29, 0.717) is 5.56 Å².